The first kappa shape index (κ1) is 12.3. The van der Waals surface area contributed by atoms with Gasteiger partial charge in [0.2, 0.25) is 5.91 Å². The maximum atomic E-state index is 11.8. The predicted molar refractivity (Wildman–Crippen MR) is 63.6 cm³/mol. The predicted octanol–water partition coefficient (Wildman–Crippen LogP) is 2.99. The van der Waals surface area contributed by atoms with Crippen LogP contribution in [-0.2, 0) is 4.79 Å². The zero-order valence-corrected chi connectivity index (χ0v) is 9.87. The summed E-state index contributed by atoms with van der Waals surface area (Å²) in [5, 5.41) is 0. The third-order valence-electron chi connectivity index (χ3n) is 3.14. The van der Waals surface area contributed by atoms with Crippen LogP contribution in [0.4, 0.5) is 0 Å². The molecule has 0 aromatic rings. The molecule has 15 heavy (non-hydrogen) atoms. The summed E-state index contributed by atoms with van der Waals surface area (Å²) >= 11 is 0. The quantitative estimate of drug-likeness (QED) is 0.466. The monoisotopic (exact) mass is 209 g/mol. The van der Waals surface area contributed by atoms with Gasteiger partial charge in [0, 0.05) is 19.0 Å². The zero-order chi connectivity index (χ0) is 11.1. The molecule has 0 N–H and O–H groups in total. The van der Waals surface area contributed by atoms with Crippen LogP contribution in [-0.4, -0.2) is 23.9 Å². The van der Waals surface area contributed by atoms with Crippen LogP contribution >= 0.6 is 0 Å². The van der Waals surface area contributed by atoms with E-state index in [1.54, 1.807) is 0 Å². The van der Waals surface area contributed by atoms with E-state index in [4.69, 9.17) is 0 Å². The van der Waals surface area contributed by atoms with Crippen LogP contribution in [0.3, 0.4) is 0 Å². The fraction of sp³-hybridized carbons (Fsp3) is 0.769. The van der Waals surface area contributed by atoms with Crippen molar-refractivity contribution < 1.29 is 4.79 Å². The summed E-state index contributed by atoms with van der Waals surface area (Å²) in [6, 6.07) is 0. The Kier molecular flexibility index (Phi) is 5.44. The second-order valence-corrected chi connectivity index (χ2v) is 4.40. The topological polar surface area (TPSA) is 20.3 Å². The Bertz CT molecular complexity index is 213. The fourth-order valence-electron chi connectivity index (χ4n) is 2.17. The Morgan fingerprint density at radius 2 is 2.27 bits per heavy atom. The lowest BCUT2D eigenvalue weighted by atomic mass is 10.0. The molecule has 0 bridgehead atoms. The molecule has 0 radical (unpaired) electrons. The zero-order valence-electron chi connectivity index (χ0n) is 9.87. The maximum absolute atomic E-state index is 11.8. The average molecular weight is 209 g/mol. The number of unbranched alkanes of at least 4 members (excludes halogenated alkanes) is 3. The molecule has 0 spiro atoms. The van der Waals surface area contributed by atoms with E-state index in [9.17, 15) is 4.79 Å². The molecule has 0 saturated carbocycles. The molecule has 1 unspecified atom stereocenters. The average Bonchev–Trinajstić information content (AvgIpc) is 2.57. The molecule has 2 heteroatoms. The normalized spacial score (nSPS) is 21.0. The standard InChI is InChI=1S/C13H23NO/c1-3-5-6-7-10-14-11-9-12(8-4-2)13(14)15/h4,12H,2-3,5-11H2,1H3. The minimum atomic E-state index is 0.230. The van der Waals surface area contributed by atoms with Crippen molar-refractivity contribution in [1.82, 2.24) is 4.90 Å². The van der Waals surface area contributed by atoms with E-state index in [0.29, 0.717) is 5.91 Å². The fourth-order valence-corrected chi connectivity index (χ4v) is 2.17. The number of carbonyl (C=O) groups is 1. The molecule has 1 atom stereocenters. The van der Waals surface area contributed by atoms with Crippen molar-refractivity contribution in [2.24, 2.45) is 5.92 Å². The van der Waals surface area contributed by atoms with Gasteiger partial charge in [0.05, 0.1) is 0 Å². The number of rotatable bonds is 7. The van der Waals surface area contributed by atoms with Crippen LogP contribution < -0.4 is 0 Å². The van der Waals surface area contributed by atoms with E-state index in [2.05, 4.69) is 13.5 Å². The Morgan fingerprint density at radius 3 is 2.93 bits per heavy atom. The molecule has 0 aromatic heterocycles. The Morgan fingerprint density at radius 1 is 1.47 bits per heavy atom. The highest BCUT2D eigenvalue weighted by atomic mass is 16.2. The number of carbonyl (C=O) groups excluding carboxylic acids is 1. The van der Waals surface area contributed by atoms with Crippen molar-refractivity contribution >= 4 is 5.91 Å². The van der Waals surface area contributed by atoms with Crippen LogP contribution in [0.15, 0.2) is 12.7 Å². The lowest BCUT2D eigenvalue weighted by Crippen LogP contribution is -2.28. The third kappa shape index (κ3) is 3.69. The maximum Gasteiger partial charge on any atom is 0.226 e. The van der Waals surface area contributed by atoms with Crippen molar-refractivity contribution in [2.45, 2.75) is 45.4 Å². The van der Waals surface area contributed by atoms with E-state index in [-0.39, 0.29) is 5.92 Å². The number of hydrogen-bond donors (Lipinski definition) is 0. The van der Waals surface area contributed by atoms with Crippen molar-refractivity contribution in [3.8, 4) is 0 Å². The van der Waals surface area contributed by atoms with E-state index in [1.165, 1.54) is 25.7 Å². The van der Waals surface area contributed by atoms with Gasteiger partial charge in [0.15, 0.2) is 0 Å². The van der Waals surface area contributed by atoms with Gasteiger partial charge in [-0.25, -0.2) is 0 Å². The first-order valence-corrected chi connectivity index (χ1v) is 6.19. The van der Waals surface area contributed by atoms with E-state index in [1.807, 2.05) is 11.0 Å². The summed E-state index contributed by atoms with van der Waals surface area (Å²) in [6.45, 7) is 7.84. The van der Waals surface area contributed by atoms with Crippen molar-refractivity contribution in [2.75, 3.05) is 13.1 Å². The minimum Gasteiger partial charge on any atom is -0.342 e. The Labute approximate surface area is 93.3 Å². The van der Waals surface area contributed by atoms with Crippen LogP contribution in [0.5, 0.6) is 0 Å². The molecule has 1 fully saturated rings. The lowest BCUT2D eigenvalue weighted by molar-refractivity contribution is -0.130. The molecular weight excluding hydrogens is 186 g/mol. The minimum absolute atomic E-state index is 0.230. The molecule has 0 aliphatic carbocycles. The van der Waals surface area contributed by atoms with Crippen molar-refractivity contribution in [1.29, 1.82) is 0 Å². The summed E-state index contributed by atoms with van der Waals surface area (Å²) in [6.07, 6.45) is 8.71. The Balaban J connectivity index is 2.20. The SMILES string of the molecule is C=CCC1CCN(CCCCCC)C1=O. The van der Waals surface area contributed by atoms with E-state index in [0.717, 1.165) is 25.9 Å². The molecule has 86 valence electrons. The number of amides is 1. The molecule has 1 rings (SSSR count). The summed E-state index contributed by atoms with van der Waals surface area (Å²) in [5.41, 5.74) is 0. The Hall–Kier alpha value is -0.790. The van der Waals surface area contributed by atoms with Gasteiger partial charge < -0.3 is 4.90 Å². The number of likely N-dealkylation sites (tertiary alicyclic amines) is 1. The first-order valence-electron chi connectivity index (χ1n) is 6.19. The van der Waals surface area contributed by atoms with E-state index < -0.39 is 0 Å². The molecule has 1 aliphatic heterocycles. The van der Waals surface area contributed by atoms with Crippen LogP contribution in [0, 0.1) is 5.92 Å². The summed E-state index contributed by atoms with van der Waals surface area (Å²) in [4.78, 5) is 13.9. The molecule has 0 aromatic carbocycles. The van der Waals surface area contributed by atoms with Gasteiger partial charge in [-0.3, -0.25) is 4.79 Å². The molecular formula is C13H23NO. The van der Waals surface area contributed by atoms with Gasteiger partial charge in [-0.15, -0.1) is 6.58 Å². The van der Waals surface area contributed by atoms with Gasteiger partial charge in [0.1, 0.15) is 0 Å². The highest BCUT2D eigenvalue weighted by Crippen LogP contribution is 2.21. The third-order valence-corrected chi connectivity index (χ3v) is 3.14. The number of nitrogens with zero attached hydrogens (tertiary/aromatic N) is 1. The molecule has 2 nitrogen and oxygen atoms in total. The second-order valence-electron chi connectivity index (χ2n) is 4.40. The summed E-state index contributed by atoms with van der Waals surface area (Å²) in [5.74, 6) is 0.583. The van der Waals surface area contributed by atoms with Crippen LogP contribution in [0.1, 0.15) is 45.4 Å². The summed E-state index contributed by atoms with van der Waals surface area (Å²) in [7, 11) is 0. The van der Waals surface area contributed by atoms with Gasteiger partial charge in [-0.2, -0.15) is 0 Å². The second kappa shape index (κ2) is 6.65. The first-order chi connectivity index (χ1) is 7.29. The lowest BCUT2D eigenvalue weighted by Gasteiger charge is -2.16. The number of hydrogen-bond acceptors (Lipinski definition) is 1. The van der Waals surface area contributed by atoms with Gasteiger partial charge in [-0.05, 0) is 19.3 Å². The largest absolute Gasteiger partial charge is 0.342 e. The molecule has 1 amide bonds. The van der Waals surface area contributed by atoms with Gasteiger partial charge in [-0.1, -0.05) is 32.3 Å². The highest BCUT2D eigenvalue weighted by Gasteiger charge is 2.29. The smallest absolute Gasteiger partial charge is 0.226 e. The molecule has 1 heterocycles. The van der Waals surface area contributed by atoms with Crippen molar-refractivity contribution in [3.05, 3.63) is 12.7 Å². The number of allylic oxidation sites excluding steroid dienone is 1. The van der Waals surface area contributed by atoms with E-state index >= 15 is 0 Å². The van der Waals surface area contributed by atoms with Gasteiger partial charge in [0.25, 0.3) is 0 Å². The van der Waals surface area contributed by atoms with Crippen LogP contribution in [0.25, 0.3) is 0 Å². The highest BCUT2D eigenvalue weighted by molar-refractivity contribution is 5.80. The summed E-state index contributed by atoms with van der Waals surface area (Å²) < 4.78 is 0. The molecule has 1 saturated heterocycles. The molecule has 1 aliphatic rings. The van der Waals surface area contributed by atoms with Gasteiger partial charge >= 0.3 is 0 Å². The van der Waals surface area contributed by atoms with Crippen LogP contribution in [0.2, 0.25) is 0 Å². The van der Waals surface area contributed by atoms with Crippen molar-refractivity contribution in [3.63, 3.8) is 0 Å².